The number of non-ortho nitro benzene ring substituents is 1. The molecule has 26 heavy (non-hydrogen) atoms. The smallest absolute Gasteiger partial charge is 0.258 e. The fourth-order valence-corrected chi connectivity index (χ4v) is 3.75. The zero-order chi connectivity index (χ0) is 18.7. The number of hydrogen-bond donors (Lipinski definition) is 0. The molecule has 0 aromatic heterocycles. The van der Waals surface area contributed by atoms with Gasteiger partial charge >= 0.3 is 5.51 Å². The van der Waals surface area contributed by atoms with E-state index in [1.165, 1.54) is 24.3 Å². The molecule has 3 aromatic carbocycles. The highest BCUT2D eigenvalue weighted by Gasteiger charge is 2.34. The summed E-state index contributed by atoms with van der Waals surface area (Å²) < 4.78 is 39.2. The first-order chi connectivity index (χ1) is 12.3. The van der Waals surface area contributed by atoms with Gasteiger partial charge in [-0.15, -0.1) is 0 Å². The van der Waals surface area contributed by atoms with Crippen LogP contribution in [0.5, 0.6) is 0 Å². The van der Waals surface area contributed by atoms with E-state index < -0.39 is 15.7 Å². The van der Waals surface area contributed by atoms with E-state index >= 15 is 0 Å². The first-order valence-electron chi connectivity index (χ1n) is 7.79. The van der Waals surface area contributed by atoms with Gasteiger partial charge in [-0.25, -0.2) is 0 Å². The Morgan fingerprint density at radius 2 is 1.62 bits per heavy atom. The number of nitro groups is 1. The number of benzene rings is 3. The van der Waals surface area contributed by atoms with Crippen molar-refractivity contribution in [3.05, 3.63) is 88.0 Å². The number of hydrogen-bond acceptors (Lipinski definition) is 3. The molecular weight excluding hydrogens is 363 g/mol. The highest BCUT2D eigenvalue weighted by molar-refractivity contribution is 8.00. The van der Waals surface area contributed by atoms with Crippen LogP contribution in [0.1, 0.15) is 16.4 Å². The second-order valence-electron chi connectivity index (χ2n) is 5.74. The normalized spacial score (nSPS) is 12.9. The molecule has 0 bridgehead atoms. The van der Waals surface area contributed by atoms with Gasteiger partial charge in [0.25, 0.3) is 5.69 Å². The number of nitro benzene ring substituents is 1. The van der Waals surface area contributed by atoms with Gasteiger partial charge in [0.15, 0.2) is 0 Å². The average molecular weight is 377 g/mol. The highest BCUT2D eigenvalue weighted by Crippen LogP contribution is 2.44. The quantitative estimate of drug-likeness (QED) is 0.388. The lowest BCUT2D eigenvalue weighted by atomic mass is 9.98. The lowest BCUT2D eigenvalue weighted by Gasteiger charge is -2.19. The summed E-state index contributed by atoms with van der Waals surface area (Å²) in [4.78, 5) is 10.2. The maximum absolute atomic E-state index is 13.1. The van der Waals surface area contributed by atoms with Gasteiger partial charge in [-0.1, -0.05) is 54.6 Å². The summed E-state index contributed by atoms with van der Waals surface area (Å²) >= 11 is -0.0973. The summed E-state index contributed by atoms with van der Waals surface area (Å²) in [6, 6.07) is 18.3. The van der Waals surface area contributed by atoms with Crippen molar-refractivity contribution in [3.8, 4) is 0 Å². The Labute approximate surface area is 152 Å². The average Bonchev–Trinajstić information content (AvgIpc) is 2.60. The molecule has 134 valence electrons. The van der Waals surface area contributed by atoms with Crippen LogP contribution in [0.2, 0.25) is 0 Å². The van der Waals surface area contributed by atoms with Gasteiger partial charge in [0.2, 0.25) is 0 Å². The van der Waals surface area contributed by atoms with Crippen LogP contribution in [0.25, 0.3) is 10.8 Å². The molecule has 1 atom stereocenters. The van der Waals surface area contributed by atoms with Crippen molar-refractivity contribution in [2.24, 2.45) is 0 Å². The zero-order valence-corrected chi connectivity index (χ0v) is 14.3. The monoisotopic (exact) mass is 377 g/mol. The van der Waals surface area contributed by atoms with Gasteiger partial charge in [-0.2, -0.15) is 13.2 Å². The third kappa shape index (κ3) is 4.35. The van der Waals surface area contributed by atoms with Crippen LogP contribution in [0.4, 0.5) is 18.9 Å². The van der Waals surface area contributed by atoms with Crippen molar-refractivity contribution in [1.82, 2.24) is 0 Å². The molecule has 0 fully saturated rings. The Kier molecular flexibility index (Phi) is 5.18. The minimum Gasteiger partial charge on any atom is -0.258 e. The number of fused-ring (bicyclic) bond motifs is 1. The van der Waals surface area contributed by atoms with Crippen molar-refractivity contribution in [1.29, 1.82) is 0 Å². The van der Waals surface area contributed by atoms with Crippen molar-refractivity contribution in [2.45, 2.75) is 17.2 Å². The van der Waals surface area contributed by atoms with Crippen LogP contribution in [0.15, 0.2) is 66.7 Å². The fraction of sp³-hybridized carbons (Fsp3) is 0.158. The Morgan fingerprint density at radius 1 is 0.962 bits per heavy atom. The highest BCUT2D eigenvalue weighted by atomic mass is 32.2. The van der Waals surface area contributed by atoms with Crippen LogP contribution in [-0.2, 0) is 6.42 Å². The molecule has 1 unspecified atom stereocenters. The van der Waals surface area contributed by atoms with Crippen LogP contribution in [0.3, 0.4) is 0 Å². The maximum Gasteiger partial charge on any atom is 0.442 e. The van der Waals surface area contributed by atoms with Crippen LogP contribution in [-0.4, -0.2) is 10.4 Å². The van der Waals surface area contributed by atoms with Crippen LogP contribution >= 0.6 is 11.8 Å². The minimum absolute atomic E-state index is 0.0973. The topological polar surface area (TPSA) is 43.1 Å². The van der Waals surface area contributed by atoms with Crippen LogP contribution < -0.4 is 0 Å². The van der Waals surface area contributed by atoms with E-state index in [4.69, 9.17) is 0 Å². The molecule has 7 heteroatoms. The van der Waals surface area contributed by atoms with E-state index in [2.05, 4.69) is 0 Å². The molecule has 0 spiro atoms. The number of rotatable bonds is 5. The lowest BCUT2D eigenvalue weighted by Crippen LogP contribution is -2.09. The first-order valence-corrected chi connectivity index (χ1v) is 8.67. The molecule has 3 aromatic rings. The summed E-state index contributed by atoms with van der Waals surface area (Å²) in [5.74, 6) is 0. The summed E-state index contributed by atoms with van der Waals surface area (Å²) in [6.45, 7) is 0. The van der Waals surface area contributed by atoms with Gasteiger partial charge < -0.3 is 0 Å². The van der Waals surface area contributed by atoms with Crippen molar-refractivity contribution >= 4 is 28.2 Å². The predicted octanol–water partition coefficient (Wildman–Crippen LogP) is 6.28. The Morgan fingerprint density at radius 3 is 2.27 bits per heavy atom. The van der Waals surface area contributed by atoms with Crippen LogP contribution in [0, 0.1) is 10.1 Å². The van der Waals surface area contributed by atoms with Gasteiger partial charge in [0.05, 0.1) is 4.92 Å². The Balaban J connectivity index is 1.97. The molecule has 0 heterocycles. The Hall–Kier alpha value is -2.54. The molecule has 0 saturated carbocycles. The Bertz CT molecular complexity index is 921. The fourth-order valence-electron chi connectivity index (χ4n) is 2.87. The summed E-state index contributed by atoms with van der Waals surface area (Å²) in [5, 5.41) is 11.8. The van der Waals surface area contributed by atoms with Gasteiger partial charge in [-0.05, 0) is 40.1 Å². The van der Waals surface area contributed by atoms with E-state index in [1.807, 2.05) is 42.5 Å². The lowest BCUT2D eigenvalue weighted by molar-refractivity contribution is -0.384. The van der Waals surface area contributed by atoms with E-state index in [9.17, 15) is 23.3 Å². The molecule has 0 N–H and O–H groups in total. The SMILES string of the molecule is O=[N+]([O-])c1ccc(C(Cc2cccc3ccccc23)SC(F)(F)F)cc1. The van der Waals surface area contributed by atoms with E-state index in [1.54, 1.807) is 0 Å². The largest absolute Gasteiger partial charge is 0.442 e. The third-order valence-electron chi connectivity index (χ3n) is 4.04. The standard InChI is InChI=1S/C19H14F3NO2S/c20-19(21,22)26-18(14-8-10-16(11-9-14)23(24)25)12-15-6-3-5-13-4-1-2-7-17(13)15/h1-11,18H,12H2. The molecule has 3 nitrogen and oxygen atoms in total. The zero-order valence-electron chi connectivity index (χ0n) is 13.4. The molecule has 0 saturated heterocycles. The first kappa shape index (κ1) is 18.3. The van der Waals surface area contributed by atoms with Gasteiger partial charge in [-0.3, -0.25) is 10.1 Å². The molecule has 0 amide bonds. The minimum atomic E-state index is -4.41. The molecule has 0 radical (unpaired) electrons. The maximum atomic E-state index is 13.1. The van der Waals surface area contributed by atoms with Gasteiger partial charge in [0, 0.05) is 17.4 Å². The number of halogens is 3. The van der Waals surface area contributed by atoms with E-state index in [-0.39, 0.29) is 23.9 Å². The second kappa shape index (κ2) is 7.37. The summed E-state index contributed by atoms with van der Waals surface area (Å²) in [7, 11) is 0. The molecule has 0 aliphatic rings. The van der Waals surface area contributed by atoms with E-state index in [0.29, 0.717) is 5.56 Å². The van der Waals surface area contributed by atoms with Crippen molar-refractivity contribution < 1.29 is 18.1 Å². The van der Waals surface area contributed by atoms with Crippen molar-refractivity contribution in [2.75, 3.05) is 0 Å². The second-order valence-corrected chi connectivity index (χ2v) is 7.01. The summed E-state index contributed by atoms with van der Waals surface area (Å²) in [5.41, 5.74) is -3.33. The molecule has 0 aliphatic heterocycles. The third-order valence-corrected chi connectivity index (χ3v) is 5.03. The summed E-state index contributed by atoms with van der Waals surface area (Å²) in [6.07, 6.45) is 0.170. The predicted molar refractivity (Wildman–Crippen MR) is 97.1 cm³/mol. The number of nitrogens with zero attached hydrogens (tertiary/aromatic N) is 1. The van der Waals surface area contributed by atoms with Gasteiger partial charge in [0.1, 0.15) is 0 Å². The van der Waals surface area contributed by atoms with Crippen molar-refractivity contribution in [3.63, 3.8) is 0 Å². The number of alkyl halides is 3. The molecule has 3 rings (SSSR count). The van der Waals surface area contributed by atoms with E-state index in [0.717, 1.165) is 16.3 Å². The molecule has 0 aliphatic carbocycles. The molecular formula is C19H14F3NO2S. The number of thioether (sulfide) groups is 1.